The summed E-state index contributed by atoms with van der Waals surface area (Å²) < 4.78 is 5.41. The molecule has 1 aliphatic heterocycles. The summed E-state index contributed by atoms with van der Waals surface area (Å²) in [6, 6.07) is 0.543. The molecule has 0 spiro atoms. The van der Waals surface area contributed by atoms with Gasteiger partial charge in [-0.1, -0.05) is 20.8 Å². The van der Waals surface area contributed by atoms with Gasteiger partial charge >= 0.3 is 0 Å². The summed E-state index contributed by atoms with van der Waals surface area (Å²) in [5, 5.41) is 3.49. The Hall–Kier alpha value is -0.0800. The Bertz CT molecular complexity index is 117. The van der Waals surface area contributed by atoms with Gasteiger partial charge in [-0.05, 0) is 11.8 Å². The maximum Gasteiger partial charge on any atom is 0.0625 e. The average molecular weight is 157 g/mol. The fourth-order valence-electron chi connectivity index (χ4n) is 1.31. The Balaban J connectivity index is 2.43. The molecule has 1 fully saturated rings. The lowest BCUT2D eigenvalue weighted by Gasteiger charge is -2.36. The second-order valence-electron chi connectivity index (χ2n) is 3.92. The van der Waals surface area contributed by atoms with Crippen LogP contribution in [0.5, 0.6) is 0 Å². The van der Waals surface area contributed by atoms with Crippen molar-refractivity contribution in [3.05, 3.63) is 0 Å². The molecule has 2 nitrogen and oxygen atoms in total. The molecule has 0 bridgehead atoms. The third kappa shape index (κ3) is 2.17. The molecule has 1 aliphatic rings. The van der Waals surface area contributed by atoms with Crippen molar-refractivity contribution in [2.24, 2.45) is 5.41 Å². The van der Waals surface area contributed by atoms with E-state index in [-0.39, 0.29) is 0 Å². The van der Waals surface area contributed by atoms with Crippen LogP contribution in [-0.2, 0) is 4.74 Å². The Kier molecular flexibility index (Phi) is 2.90. The summed E-state index contributed by atoms with van der Waals surface area (Å²) in [7, 11) is 0. The summed E-state index contributed by atoms with van der Waals surface area (Å²) in [6.45, 7) is 9.57. The van der Waals surface area contributed by atoms with Crippen LogP contribution in [0.15, 0.2) is 0 Å². The van der Waals surface area contributed by atoms with Gasteiger partial charge in [0.15, 0.2) is 0 Å². The van der Waals surface area contributed by atoms with E-state index >= 15 is 0 Å². The maximum atomic E-state index is 5.41. The van der Waals surface area contributed by atoms with E-state index in [0.717, 1.165) is 19.8 Å². The molecule has 0 aromatic carbocycles. The molecule has 2 heteroatoms. The van der Waals surface area contributed by atoms with Crippen LogP contribution < -0.4 is 5.32 Å². The smallest absolute Gasteiger partial charge is 0.0625 e. The minimum absolute atomic E-state index is 0.375. The van der Waals surface area contributed by atoms with Gasteiger partial charge in [0.2, 0.25) is 0 Å². The Labute approximate surface area is 69.3 Å². The first-order chi connectivity index (χ1) is 5.17. The SMILES string of the molecule is CCC(C)(C)C1COCCN1. The van der Waals surface area contributed by atoms with Gasteiger partial charge in [-0.15, -0.1) is 0 Å². The summed E-state index contributed by atoms with van der Waals surface area (Å²) in [5.74, 6) is 0. The Morgan fingerprint density at radius 3 is 2.73 bits per heavy atom. The van der Waals surface area contributed by atoms with Gasteiger partial charge in [0.05, 0.1) is 13.2 Å². The van der Waals surface area contributed by atoms with Gasteiger partial charge in [0.1, 0.15) is 0 Å². The van der Waals surface area contributed by atoms with Gasteiger partial charge in [0, 0.05) is 12.6 Å². The van der Waals surface area contributed by atoms with Crippen molar-refractivity contribution < 1.29 is 4.74 Å². The summed E-state index contributed by atoms with van der Waals surface area (Å²) >= 11 is 0. The number of ether oxygens (including phenoxy) is 1. The van der Waals surface area contributed by atoms with Crippen molar-refractivity contribution >= 4 is 0 Å². The molecule has 0 aliphatic carbocycles. The van der Waals surface area contributed by atoms with Crippen LogP contribution in [0.3, 0.4) is 0 Å². The predicted octanol–water partition coefficient (Wildman–Crippen LogP) is 1.41. The monoisotopic (exact) mass is 157 g/mol. The first-order valence-electron chi connectivity index (χ1n) is 4.48. The molecule has 1 unspecified atom stereocenters. The quantitative estimate of drug-likeness (QED) is 0.654. The summed E-state index contributed by atoms with van der Waals surface area (Å²) in [5.41, 5.74) is 0.375. The number of hydrogen-bond acceptors (Lipinski definition) is 2. The number of nitrogens with one attached hydrogen (secondary N) is 1. The van der Waals surface area contributed by atoms with E-state index in [1.54, 1.807) is 0 Å². The highest BCUT2D eigenvalue weighted by Crippen LogP contribution is 2.25. The number of rotatable bonds is 2. The standard InChI is InChI=1S/C9H19NO/c1-4-9(2,3)8-7-11-6-5-10-8/h8,10H,4-7H2,1-3H3. The van der Waals surface area contributed by atoms with E-state index < -0.39 is 0 Å². The summed E-state index contributed by atoms with van der Waals surface area (Å²) in [6.07, 6.45) is 1.20. The van der Waals surface area contributed by atoms with E-state index in [4.69, 9.17) is 4.74 Å². The normalized spacial score (nSPS) is 27.0. The zero-order chi connectivity index (χ0) is 8.32. The van der Waals surface area contributed by atoms with Gasteiger partial charge in [0.25, 0.3) is 0 Å². The topological polar surface area (TPSA) is 21.3 Å². The lowest BCUT2D eigenvalue weighted by Crippen LogP contribution is -2.49. The van der Waals surface area contributed by atoms with Crippen molar-refractivity contribution in [2.45, 2.75) is 33.2 Å². The highest BCUT2D eigenvalue weighted by molar-refractivity contribution is 4.84. The molecule has 66 valence electrons. The Morgan fingerprint density at radius 1 is 1.55 bits per heavy atom. The second-order valence-corrected chi connectivity index (χ2v) is 3.92. The van der Waals surface area contributed by atoms with E-state index in [2.05, 4.69) is 26.1 Å². The van der Waals surface area contributed by atoms with Crippen molar-refractivity contribution in [1.29, 1.82) is 0 Å². The molecule has 1 N–H and O–H groups in total. The lowest BCUT2D eigenvalue weighted by atomic mass is 9.82. The highest BCUT2D eigenvalue weighted by atomic mass is 16.5. The highest BCUT2D eigenvalue weighted by Gasteiger charge is 2.28. The molecule has 0 amide bonds. The fraction of sp³-hybridized carbons (Fsp3) is 1.00. The first-order valence-corrected chi connectivity index (χ1v) is 4.48. The molecule has 0 radical (unpaired) electrons. The van der Waals surface area contributed by atoms with Gasteiger partial charge in [-0.2, -0.15) is 0 Å². The second kappa shape index (κ2) is 3.55. The lowest BCUT2D eigenvalue weighted by molar-refractivity contribution is 0.0322. The van der Waals surface area contributed by atoms with Gasteiger partial charge < -0.3 is 10.1 Å². The molecule has 1 atom stereocenters. The number of morpholine rings is 1. The van der Waals surface area contributed by atoms with Gasteiger partial charge in [-0.3, -0.25) is 0 Å². The van der Waals surface area contributed by atoms with Crippen LogP contribution >= 0.6 is 0 Å². The van der Waals surface area contributed by atoms with Crippen molar-refractivity contribution in [2.75, 3.05) is 19.8 Å². The third-order valence-corrected chi connectivity index (χ3v) is 2.78. The molecular weight excluding hydrogens is 138 g/mol. The molecule has 1 rings (SSSR count). The van der Waals surface area contributed by atoms with Crippen LogP contribution in [0.2, 0.25) is 0 Å². The predicted molar refractivity (Wildman–Crippen MR) is 46.7 cm³/mol. The van der Waals surface area contributed by atoms with Crippen molar-refractivity contribution in [3.63, 3.8) is 0 Å². The zero-order valence-corrected chi connectivity index (χ0v) is 7.81. The first kappa shape index (κ1) is 9.01. The fourth-order valence-corrected chi connectivity index (χ4v) is 1.31. The van der Waals surface area contributed by atoms with Crippen LogP contribution in [0, 0.1) is 5.41 Å². The van der Waals surface area contributed by atoms with E-state index in [1.165, 1.54) is 6.42 Å². The molecule has 0 aromatic heterocycles. The Morgan fingerprint density at radius 2 is 2.27 bits per heavy atom. The molecule has 0 saturated carbocycles. The third-order valence-electron chi connectivity index (χ3n) is 2.78. The number of hydrogen-bond donors (Lipinski definition) is 1. The minimum Gasteiger partial charge on any atom is -0.378 e. The average Bonchev–Trinajstić information content (AvgIpc) is 2.06. The van der Waals surface area contributed by atoms with Crippen molar-refractivity contribution in [3.8, 4) is 0 Å². The van der Waals surface area contributed by atoms with Gasteiger partial charge in [-0.25, -0.2) is 0 Å². The molecule has 11 heavy (non-hydrogen) atoms. The van der Waals surface area contributed by atoms with E-state index in [9.17, 15) is 0 Å². The molecule has 1 saturated heterocycles. The van der Waals surface area contributed by atoms with Crippen LogP contribution in [0.1, 0.15) is 27.2 Å². The van der Waals surface area contributed by atoms with E-state index in [0.29, 0.717) is 11.5 Å². The van der Waals surface area contributed by atoms with Crippen molar-refractivity contribution in [1.82, 2.24) is 5.32 Å². The maximum absolute atomic E-state index is 5.41. The largest absolute Gasteiger partial charge is 0.378 e. The van der Waals surface area contributed by atoms with Crippen LogP contribution in [-0.4, -0.2) is 25.8 Å². The van der Waals surface area contributed by atoms with E-state index in [1.807, 2.05) is 0 Å². The van der Waals surface area contributed by atoms with Crippen LogP contribution in [0.25, 0.3) is 0 Å². The zero-order valence-electron chi connectivity index (χ0n) is 7.81. The molecule has 0 aromatic rings. The van der Waals surface area contributed by atoms with Crippen LogP contribution in [0.4, 0.5) is 0 Å². The molecule has 1 heterocycles. The summed E-state index contributed by atoms with van der Waals surface area (Å²) in [4.78, 5) is 0. The minimum atomic E-state index is 0.375. The molecular formula is C9H19NO.